The Balaban J connectivity index is 0.000000317. The number of nitrogens with two attached hydrogens (primary N) is 1. The summed E-state index contributed by atoms with van der Waals surface area (Å²) in [4.78, 5) is 33.3. The molecule has 2 atom stereocenters. The van der Waals surface area contributed by atoms with Gasteiger partial charge in [0, 0.05) is 24.2 Å². The van der Waals surface area contributed by atoms with Crippen LogP contribution in [0.2, 0.25) is 0 Å². The molecule has 0 aliphatic rings. The van der Waals surface area contributed by atoms with Crippen LogP contribution in [0, 0.1) is 34.9 Å². The first kappa shape index (κ1) is 32.8. The van der Waals surface area contributed by atoms with Crippen molar-refractivity contribution in [3.8, 4) is 0 Å². The quantitative estimate of drug-likeness (QED) is 0.197. The van der Waals surface area contributed by atoms with Gasteiger partial charge in [-0.05, 0) is 41.7 Å². The van der Waals surface area contributed by atoms with Crippen molar-refractivity contribution in [2.45, 2.75) is 44.2 Å². The van der Waals surface area contributed by atoms with Crippen molar-refractivity contribution in [3.63, 3.8) is 0 Å². The number of carboxylic acid groups (broad SMARTS) is 2. The number of hydrogen-bond acceptors (Lipinski definition) is 4. The van der Waals surface area contributed by atoms with E-state index in [1.54, 1.807) is 30.3 Å². The molecular weight excluding hydrogens is 558 g/mol. The lowest BCUT2D eigenvalue weighted by molar-refractivity contribution is -0.138. The van der Waals surface area contributed by atoms with Gasteiger partial charge in [0.05, 0.1) is 19.3 Å². The number of hydrogen-bond donors (Lipinski definition) is 4. The molecule has 0 aliphatic carbocycles. The Labute approximate surface area is 230 Å². The maximum absolute atomic E-state index is 13.7. The van der Waals surface area contributed by atoms with Crippen LogP contribution >= 0.6 is 0 Å². The van der Waals surface area contributed by atoms with Gasteiger partial charge in [0.2, 0.25) is 5.91 Å². The Bertz CT molecular complexity index is 1370. The van der Waals surface area contributed by atoms with Crippen molar-refractivity contribution in [3.05, 3.63) is 106 Å². The molecule has 0 saturated carbocycles. The van der Waals surface area contributed by atoms with Crippen molar-refractivity contribution in [2.24, 2.45) is 5.73 Å². The van der Waals surface area contributed by atoms with Gasteiger partial charge in [0.1, 0.15) is 11.6 Å². The molecule has 0 saturated heterocycles. The largest absolute Gasteiger partial charge is 0.481 e. The summed E-state index contributed by atoms with van der Waals surface area (Å²) in [7, 11) is 0. The Morgan fingerprint density at radius 3 is 1.63 bits per heavy atom. The van der Waals surface area contributed by atoms with Crippen molar-refractivity contribution < 1.29 is 50.9 Å². The summed E-state index contributed by atoms with van der Waals surface area (Å²) in [5.74, 6) is -9.73. The summed E-state index contributed by atoms with van der Waals surface area (Å²) in [5, 5.41) is 19.9. The van der Waals surface area contributed by atoms with E-state index in [0.717, 1.165) is 5.56 Å². The summed E-state index contributed by atoms with van der Waals surface area (Å²) >= 11 is 0. The maximum atomic E-state index is 13.7. The van der Waals surface area contributed by atoms with Gasteiger partial charge in [0.25, 0.3) is 0 Å². The number of benzene rings is 3. The van der Waals surface area contributed by atoms with E-state index < -0.39 is 71.3 Å². The van der Waals surface area contributed by atoms with E-state index in [2.05, 4.69) is 5.32 Å². The minimum Gasteiger partial charge on any atom is -0.481 e. The molecule has 3 aromatic rings. The predicted octanol–water partition coefficient (Wildman–Crippen LogP) is 4.30. The molecule has 5 N–H and O–H groups in total. The van der Waals surface area contributed by atoms with Crippen LogP contribution in [0.5, 0.6) is 0 Å². The van der Waals surface area contributed by atoms with Gasteiger partial charge >= 0.3 is 11.9 Å². The fourth-order valence-electron chi connectivity index (χ4n) is 3.73. The first-order valence-electron chi connectivity index (χ1n) is 12.0. The van der Waals surface area contributed by atoms with Crippen LogP contribution in [0.15, 0.2) is 54.6 Å². The number of amides is 1. The SMILES string of the molecule is N[C@@H](CC(=O)O)Cc1cc(F)c(F)cc1F.O=C(O)C[C@@H](Cc1cc(F)c(F)cc1F)NC(=O)Cc1ccccc1. The van der Waals surface area contributed by atoms with Crippen molar-refractivity contribution in [1.82, 2.24) is 5.32 Å². The van der Waals surface area contributed by atoms with Gasteiger partial charge in [-0.25, -0.2) is 26.3 Å². The molecular formula is C28H26F6N2O5. The summed E-state index contributed by atoms with van der Waals surface area (Å²) in [5.41, 5.74) is 5.79. The standard InChI is InChI=1S/C18H16F3NO3.C10H10F3NO2/c19-14-10-16(21)15(20)8-12(14)7-13(9-18(24)25)22-17(23)6-11-4-2-1-3-5-11;11-7-4-9(13)8(12)2-5(7)1-6(14)3-10(15)16/h1-5,8,10,13H,6-7,9H2,(H,22,23)(H,24,25);2,4,6H,1,3,14H2,(H,15,16)/t13-;6-/m11/s1. The fraction of sp³-hybridized carbons (Fsp3) is 0.250. The monoisotopic (exact) mass is 584 g/mol. The molecule has 220 valence electrons. The smallest absolute Gasteiger partial charge is 0.305 e. The van der Waals surface area contributed by atoms with Crippen LogP contribution in [0.4, 0.5) is 26.3 Å². The van der Waals surface area contributed by atoms with Crippen LogP contribution in [0.25, 0.3) is 0 Å². The van der Waals surface area contributed by atoms with Crippen LogP contribution in [-0.4, -0.2) is 40.1 Å². The second kappa shape index (κ2) is 15.4. The molecule has 0 bridgehead atoms. The number of halogens is 6. The highest BCUT2D eigenvalue weighted by Crippen LogP contribution is 2.17. The highest BCUT2D eigenvalue weighted by Gasteiger charge is 2.20. The minimum atomic E-state index is -1.33. The molecule has 3 aromatic carbocycles. The zero-order chi connectivity index (χ0) is 30.7. The van der Waals surface area contributed by atoms with Gasteiger partial charge < -0.3 is 21.3 Å². The zero-order valence-electron chi connectivity index (χ0n) is 21.4. The molecule has 0 aromatic heterocycles. The van der Waals surface area contributed by atoms with Crippen molar-refractivity contribution >= 4 is 17.8 Å². The van der Waals surface area contributed by atoms with Crippen molar-refractivity contribution in [1.29, 1.82) is 0 Å². The molecule has 0 aliphatic heterocycles. The Morgan fingerprint density at radius 2 is 1.15 bits per heavy atom. The lowest BCUT2D eigenvalue weighted by atomic mass is 10.0. The first-order chi connectivity index (χ1) is 19.2. The fourth-order valence-corrected chi connectivity index (χ4v) is 3.73. The summed E-state index contributed by atoms with van der Waals surface area (Å²) in [6, 6.07) is 9.16. The average molecular weight is 585 g/mol. The molecule has 0 heterocycles. The molecule has 0 fully saturated rings. The highest BCUT2D eigenvalue weighted by molar-refractivity contribution is 5.79. The van der Waals surface area contributed by atoms with Gasteiger partial charge in [-0.15, -0.1) is 0 Å². The van der Waals surface area contributed by atoms with E-state index >= 15 is 0 Å². The van der Waals surface area contributed by atoms with Crippen LogP contribution in [0.1, 0.15) is 29.5 Å². The van der Waals surface area contributed by atoms with Crippen LogP contribution < -0.4 is 11.1 Å². The number of aliphatic carboxylic acids is 2. The van der Waals surface area contributed by atoms with E-state index in [1.165, 1.54) is 0 Å². The summed E-state index contributed by atoms with van der Waals surface area (Å²) < 4.78 is 78.5. The number of nitrogens with one attached hydrogen (secondary N) is 1. The molecule has 41 heavy (non-hydrogen) atoms. The number of carbonyl (C=O) groups is 3. The molecule has 7 nitrogen and oxygen atoms in total. The molecule has 13 heteroatoms. The molecule has 3 rings (SSSR count). The van der Waals surface area contributed by atoms with E-state index in [0.29, 0.717) is 24.3 Å². The molecule has 1 amide bonds. The maximum Gasteiger partial charge on any atom is 0.305 e. The summed E-state index contributed by atoms with van der Waals surface area (Å²) in [6.45, 7) is 0. The van der Waals surface area contributed by atoms with Crippen molar-refractivity contribution in [2.75, 3.05) is 0 Å². The molecule has 0 radical (unpaired) electrons. The number of rotatable bonds is 11. The van der Waals surface area contributed by atoms with E-state index in [4.69, 9.17) is 15.9 Å². The predicted molar refractivity (Wildman–Crippen MR) is 135 cm³/mol. The second-order valence-electron chi connectivity index (χ2n) is 9.01. The zero-order valence-corrected chi connectivity index (χ0v) is 21.4. The third-order valence-electron chi connectivity index (χ3n) is 5.56. The van der Waals surface area contributed by atoms with E-state index in [-0.39, 0.29) is 36.8 Å². The lowest BCUT2D eigenvalue weighted by Gasteiger charge is -2.18. The van der Waals surface area contributed by atoms with Gasteiger partial charge in [-0.3, -0.25) is 14.4 Å². The van der Waals surface area contributed by atoms with Crippen LogP contribution in [0.3, 0.4) is 0 Å². The van der Waals surface area contributed by atoms with Gasteiger partial charge in [0.15, 0.2) is 23.3 Å². The Morgan fingerprint density at radius 1 is 0.683 bits per heavy atom. The average Bonchev–Trinajstić information content (AvgIpc) is 2.86. The molecule has 0 spiro atoms. The van der Waals surface area contributed by atoms with Gasteiger partial charge in [-0.2, -0.15) is 0 Å². The minimum absolute atomic E-state index is 0.0250. The molecule has 0 unspecified atom stereocenters. The Hall–Kier alpha value is -4.39. The first-order valence-corrected chi connectivity index (χ1v) is 12.0. The Kier molecular flexibility index (Phi) is 12.3. The lowest BCUT2D eigenvalue weighted by Crippen LogP contribution is -2.39. The summed E-state index contributed by atoms with van der Waals surface area (Å²) in [6.07, 6.45) is -1.24. The van der Waals surface area contributed by atoms with E-state index in [9.17, 15) is 40.7 Å². The highest BCUT2D eigenvalue weighted by atomic mass is 19.2. The third-order valence-corrected chi connectivity index (χ3v) is 5.56. The second-order valence-corrected chi connectivity index (χ2v) is 9.01. The third kappa shape index (κ3) is 11.3. The normalized spacial score (nSPS) is 12.1. The number of carboxylic acids is 2. The topological polar surface area (TPSA) is 130 Å². The number of carbonyl (C=O) groups excluding carboxylic acids is 1. The van der Waals surface area contributed by atoms with E-state index in [1.807, 2.05) is 0 Å². The van der Waals surface area contributed by atoms with Gasteiger partial charge in [-0.1, -0.05) is 30.3 Å². The van der Waals surface area contributed by atoms with Crippen LogP contribution in [-0.2, 0) is 33.6 Å².